The number of carbonyl (C=O) groups excluding carboxylic acids is 2. The predicted octanol–water partition coefficient (Wildman–Crippen LogP) is 3.36. The van der Waals surface area contributed by atoms with Gasteiger partial charge in [-0.25, -0.2) is 13.6 Å². The Hall–Kier alpha value is -2.67. The Morgan fingerprint density at radius 1 is 1.24 bits per heavy atom. The number of benzene rings is 2. The average Bonchev–Trinajstić information content (AvgIpc) is 2.54. The minimum absolute atomic E-state index is 0.0913. The Kier molecular flexibility index (Phi) is 5.93. The first-order valence-electron chi connectivity index (χ1n) is 7.18. The third-order valence-corrected chi connectivity index (χ3v) is 3.55. The van der Waals surface area contributed by atoms with Gasteiger partial charge in [0.15, 0.2) is 6.61 Å². The lowest BCUT2D eigenvalue weighted by molar-refractivity contribution is -0.124. The molecule has 0 aliphatic carbocycles. The van der Waals surface area contributed by atoms with Crippen molar-refractivity contribution < 1.29 is 28.2 Å². The maximum Gasteiger partial charge on any atom is 0.342 e. The van der Waals surface area contributed by atoms with Crippen LogP contribution in [0.5, 0.6) is 5.75 Å². The molecule has 0 aliphatic heterocycles. The molecule has 25 heavy (non-hydrogen) atoms. The van der Waals surface area contributed by atoms with Crippen LogP contribution in [-0.4, -0.2) is 23.6 Å². The van der Waals surface area contributed by atoms with E-state index in [1.54, 1.807) is 0 Å². The fourth-order valence-electron chi connectivity index (χ4n) is 2.09. The van der Waals surface area contributed by atoms with Crippen molar-refractivity contribution in [2.45, 2.75) is 13.0 Å². The average molecular weight is 370 g/mol. The Labute approximate surface area is 147 Å². The molecule has 8 heteroatoms. The Morgan fingerprint density at radius 3 is 2.64 bits per heavy atom. The number of rotatable bonds is 5. The molecular weight excluding hydrogens is 356 g/mol. The first kappa shape index (κ1) is 18.7. The van der Waals surface area contributed by atoms with Crippen LogP contribution in [0.4, 0.5) is 8.78 Å². The fourth-order valence-corrected chi connectivity index (χ4v) is 2.27. The molecular formula is C17H14ClF2NO4. The van der Waals surface area contributed by atoms with Gasteiger partial charge >= 0.3 is 5.97 Å². The number of hydrogen-bond acceptors (Lipinski definition) is 4. The third kappa shape index (κ3) is 4.90. The summed E-state index contributed by atoms with van der Waals surface area (Å²) in [6, 6.07) is 6.05. The second-order valence-corrected chi connectivity index (χ2v) is 5.63. The van der Waals surface area contributed by atoms with Gasteiger partial charge in [0.05, 0.1) is 6.04 Å². The first-order chi connectivity index (χ1) is 11.8. The highest BCUT2D eigenvalue weighted by atomic mass is 35.5. The molecule has 132 valence electrons. The number of phenolic OH excluding ortho intramolecular Hbond substituents is 1. The highest BCUT2D eigenvalue weighted by molar-refractivity contribution is 6.31. The minimum Gasteiger partial charge on any atom is -0.507 e. The molecule has 0 fully saturated rings. The van der Waals surface area contributed by atoms with Crippen molar-refractivity contribution in [2.75, 3.05) is 6.61 Å². The molecule has 2 aromatic carbocycles. The van der Waals surface area contributed by atoms with Crippen LogP contribution in [0.3, 0.4) is 0 Å². The molecule has 2 aromatic rings. The predicted molar refractivity (Wildman–Crippen MR) is 86.3 cm³/mol. The third-order valence-electron chi connectivity index (χ3n) is 3.32. The summed E-state index contributed by atoms with van der Waals surface area (Å²) in [7, 11) is 0. The van der Waals surface area contributed by atoms with Crippen LogP contribution in [0.2, 0.25) is 5.02 Å². The zero-order valence-corrected chi connectivity index (χ0v) is 13.8. The van der Waals surface area contributed by atoms with Crippen LogP contribution >= 0.6 is 11.6 Å². The maximum absolute atomic E-state index is 13.7. The van der Waals surface area contributed by atoms with Crippen LogP contribution in [0, 0.1) is 11.6 Å². The van der Waals surface area contributed by atoms with E-state index in [0.29, 0.717) is 6.07 Å². The van der Waals surface area contributed by atoms with Gasteiger partial charge in [-0.05, 0) is 31.2 Å². The molecule has 0 spiro atoms. The summed E-state index contributed by atoms with van der Waals surface area (Å²) in [6.45, 7) is 0.858. The zero-order valence-electron chi connectivity index (χ0n) is 13.1. The van der Waals surface area contributed by atoms with E-state index in [1.165, 1.54) is 31.2 Å². The summed E-state index contributed by atoms with van der Waals surface area (Å²) in [4.78, 5) is 23.7. The molecule has 0 saturated carbocycles. The number of phenols is 1. The van der Waals surface area contributed by atoms with Crippen LogP contribution in [0.15, 0.2) is 36.4 Å². The van der Waals surface area contributed by atoms with Gasteiger partial charge in [-0.2, -0.15) is 0 Å². The summed E-state index contributed by atoms with van der Waals surface area (Å²) < 4.78 is 31.3. The van der Waals surface area contributed by atoms with E-state index in [1.807, 2.05) is 0 Å². The number of carbonyl (C=O) groups is 2. The number of halogens is 3. The van der Waals surface area contributed by atoms with E-state index in [4.69, 9.17) is 16.3 Å². The molecule has 0 unspecified atom stereocenters. The second-order valence-electron chi connectivity index (χ2n) is 5.19. The van der Waals surface area contributed by atoms with Crippen LogP contribution in [-0.2, 0) is 9.53 Å². The normalized spacial score (nSPS) is 11.7. The van der Waals surface area contributed by atoms with Crippen molar-refractivity contribution in [3.8, 4) is 5.75 Å². The monoisotopic (exact) mass is 369 g/mol. The smallest absolute Gasteiger partial charge is 0.342 e. The first-order valence-corrected chi connectivity index (χ1v) is 7.55. The summed E-state index contributed by atoms with van der Waals surface area (Å²) in [5.41, 5.74) is -0.0912. The van der Waals surface area contributed by atoms with E-state index in [9.17, 15) is 23.5 Å². The zero-order chi connectivity index (χ0) is 18.6. The number of aromatic hydroxyl groups is 1. The molecule has 0 bridgehead atoms. The van der Waals surface area contributed by atoms with Gasteiger partial charge in [-0.1, -0.05) is 17.7 Å². The lowest BCUT2D eigenvalue weighted by atomic mass is 10.1. The van der Waals surface area contributed by atoms with Gasteiger partial charge < -0.3 is 15.2 Å². The topological polar surface area (TPSA) is 75.6 Å². The van der Waals surface area contributed by atoms with Crippen molar-refractivity contribution in [2.24, 2.45) is 0 Å². The molecule has 0 aromatic heterocycles. The molecule has 1 atom stereocenters. The standard InChI is InChI=1S/C17H14ClF2NO4/c1-9(12-4-3-11(19)7-14(12)20)21-16(23)8-25-17(24)13-6-10(18)2-5-15(13)22/h2-7,9,22H,8H2,1H3,(H,21,23)/t9-/m1/s1. The quantitative estimate of drug-likeness (QED) is 0.792. The van der Waals surface area contributed by atoms with Crippen molar-refractivity contribution in [1.29, 1.82) is 0 Å². The van der Waals surface area contributed by atoms with E-state index >= 15 is 0 Å². The molecule has 0 radical (unpaired) electrons. The van der Waals surface area contributed by atoms with E-state index in [0.717, 1.165) is 6.07 Å². The van der Waals surface area contributed by atoms with Gasteiger partial charge in [0.25, 0.3) is 5.91 Å². The highest BCUT2D eigenvalue weighted by Gasteiger charge is 2.18. The van der Waals surface area contributed by atoms with Crippen LogP contribution in [0.1, 0.15) is 28.9 Å². The Balaban J connectivity index is 1.94. The molecule has 1 amide bonds. The number of ether oxygens (including phenoxy) is 1. The van der Waals surface area contributed by atoms with Crippen molar-refractivity contribution in [3.63, 3.8) is 0 Å². The maximum atomic E-state index is 13.7. The minimum atomic E-state index is -0.934. The summed E-state index contributed by atoms with van der Waals surface area (Å²) in [6.07, 6.45) is 0. The Bertz CT molecular complexity index is 813. The number of nitrogens with one attached hydrogen (secondary N) is 1. The lowest BCUT2D eigenvalue weighted by Crippen LogP contribution is -2.31. The number of amides is 1. The number of hydrogen-bond donors (Lipinski definition) is 2. The molecule has 0 saturated heterocycles. The molecule has 5 nitrogen and oxygen atoms in total. The lowest BCUT2D eigenvalue weighted by Gasteiger charge is -2.15. The number of esters is 1. The molecule has 2 rings (SSSR count). The van der Waals surface area contributed by atoms with E-state index in [2.05, 4.69) is 5.32 Å². The molecule has 2 N–H and O–H groups in total. The summed E-state index contributed by atoms with van der Waals surface area (Å²) in [5, 5.41) is 12.2. The molecule has 0 heterocycles. The highest BCUT2D eigenvalue weighted by Crippen LogP contribution is 2.22. The van der Waals surface area contributed by atoms with Gasteiger partial charge in [-0.15, -0.1) is 0 Å². The van der Waals surface area contributed by atoms with E-state index in [-0.39, 0.29) is 21.9 Å². The summed E-state index contributed by atoms with van der Waals surface area (Å²) >= 11 is 5.73. The molecule has 0 aliphatic rings. The van der Waals surface area contributed by atoms with Crippen molar-refractivity contribution in [3.05, 3.63) is 64.2 Å². The largest absolute Gasteiger partial charge is 0.507 e. The Morgan fingerprint density at radius 2 is 1.96 bits per heavy atom. The van der Waals surface area contributed by atoms with Crippen molar-refractivity contribution >= 4 is 23.5 Å². The van der Waals surface area contributed by atoms with Gasteiger partial charge in [0.2, 0.25) is 0 Å². The van der Waals surface area contributed by atoms with Crippen LogP contribution < -0.4 is 5.32 Å². The SMILES string of the molecule is C[C@@H](NC(=O)COC(=O)c1cc(Cl)ccc1O)c1ccc(F)cc1F. The summed E-state index contributed by atoms with van der Waals surface area (Å²) in [5.74, 6) is -3.48. The second kappa shape index (κ2) is 7.94. The van der Waals surface area contributed by atoms with Gasteiger partial charge in [0, 0.05) is 16.7 Å². The fraction of sp³-hybridized carbons (Fsp3) is 0.176. The van der Waals surface area contributed by atoms with E-state index < -0.39 is 36.2 Å². The van der Waals surface area contributed by atoms with Crippen molar-refractivity contribution in [1.82, 2.24) is 5.32 Å². The van der Waals surface area contributed by atoms with Gasteiger partial charge in [0.1, 0.15) is 22.9 Å². The van der Waals surface area contributed by atoms with Crippen LogP contribution in [0.25, 0.3) is 0 Å². The van der Waals surface area contributed by atoms with Gasteiger partial charge in [-0.3, -0.25) is 4.79 Å².